The molecule has 0 unspecified atom stereocenters. The zero-order valence-electron chi connectivity index (χ0n) is 15.5. The molecule has 8 heteroatoms. The molecule has 2 aromatic heterocycles. The fourth-order valence-electron chi connectivity index (χ4n) is 2.82. The van der Waals surface area contributed by atoms with Crippen molar-refractivity contribution in [2.24, 2.45) is 0 Å². The molecule has 0 radical (unpaired) electrons. The third-order valence-electron chi connectivity index (χ3n) is 4.27. The highest BCUT2D eigenvalue weighted by molar-refractivity contribution is 7.13. The second-order valence-electron chi connectivity index (χ2n) is 6.06. The predicted molar refractivity (Wildman–Crippen MR) is 106 cm³/mol. The van der Waals surface area contributed by atoms with Crippen LogP contribution in [-0.4, -0.2) is 33.1 Å². The van der Waals surface area contributed by atoms with Gasteiger partial charge in [-0.1, -0.05) is 17.3 Å². The van der Waals surface area contributed by atoms with Gasteiger partial charge < -0.3 is 9.47 Å². The van der Waals surface area contributed by atoms with Crippen LogP contribution in [-0.2, 0) is 17.9 Å². The number of ether oxygens (including phenoxy) is 2. The van der Waals surface area contributed by atoms with Crippen molar-refractivity contribution in [3.8, 4) is 16.3 Å². The van der Waals surface area contributed by atoms with Crippen LogP contribution >= 0.6 is 11.3 Å². The minimum Gasteiger partial charge on any atom is -0.497 e. The van der Waals surface area contributed by atoms with Crippen LogP contribution in [0.3, 0.4) is 0 Å². The molecule has 0 amide bonds. The van der Waals surface area contributed by atoms with Crippen LogP contribution in [0.25, 0.3) is 21.6 Å². The van der Waals surface area contributed by atoms with E-state index >= 15 is 0 Å². The largest absolute Gasteiger partial charge is 0.497 e. The molecule has 0 spiro atoms. The second kappa shape index (κ2) is 7.77. The molecular formula is C20H18N4O3S. The van der Waals surface area contributed by atoms with E-state index in [2.05, 4.69) is 15.3 Å². The van der Waals surface area contributed by atoms with Crippen molar-refractivity contribution in [3.63, 3.8) is 0 Å². The smallest absolute Gasteiger partial charge is 0.338 e. The first-order valence-electron chi connectivity index (χ1n) is 8.77. The van der Waals surface area contributed by atoms with Crippen LogP contribution in [0.2, 0.25) is 0 Å². The van der Waals surface area contributed by atoms with Crippen LogP contribution in [0.4, 0.5) is 0 Å². The molecule has 4 aromatic rings. The van der Waals surface area contributed by atoms with E-state index in [9.17, 15) is 4.79 Å². The Labute approximate surface area is 165 Å². The second-order valence-corrected chi connectivity index (χ2v) is 6.92. The Kier molecular flexibility index (Phi) is 5.03. The lowest BCUT2D eigenvalue weighted by atomic mass is 10.2. The molecule has 0 N–H and O–H groups in total. The van der Waals surface area contributed by atoms with Gasteiger partial charge in [-0.3, -0.25) is 0 Å². The third kappa shape index (κ3) is 3.59. The van der Waals surface area contributed by atoms with E-state index in [1.165, 1.54) is 11.3 Å². The number of thiazole rings is 1. The number of rotatable bonds is 6. The summed E-state index contributed by atoms with van der Waals surface area (Å²) in [5.41, 5.74) is 3.67. The first kappa shape index (κ1) is 18.1. The lowest BCUT2D eigenvalue weighted by Crippen LogP contribution is -2.05. The summed E-state index contributed by atoms with van der Waals surface area (Å²) in [6, 6.07) is 12.9. The lowest BCUT2D eigenvalue weighted by Gasteiger charge is -2.03. The summed E-state index contributed by atoms with van der Waals surface area (Å²) in [6.07, 6.45) is 0. The average molecular weight is 394 g/mol. The minimum atomic E-state index is -0.413. The number of methoxy groups -OCH3 is 1. The van der Waals surface area contributed by atoms with E-state index in [-0.39, 0.29) is 6.61 Å². The molecule has 0 atom stereocenters. The Morgan fingerprint density at radius 1 is 1.21 bits per heavy atom. The molecule has 7 nitrogen and oxygen atoms in total. The molecule has 0 aliphatic carbocycles. The third-order valence-corrected chi connectivity index (χ3v) is 5.21. The maximum atomic E-state index is 12.4. The molecule has 2 aromatic carbocycles. The number of nitrogens with zero attached hydrogens (tertiary/aromatic N) is 4. The van der Waals surface area contributed by atoms with Crippen molar-refractivity contribution in [3.05, 3.63) is 59.1 Å². The molecule has 0 saturated heterocycles. The van der Waals surface area contributed by atoms with E-state index in [0.717, 1.165) is 28.4 Å². The number of hydrogen-bond acceptors (Lipinski definition) is 7. The maximum absolute atomic E-state index is 12.4. The van der Waals surface area contributed by atoms with E-state index in [1.54, 1.807) is 23.9 Å². The number of esters is 1. The van der Waals surface area contributed by atoms with Crippen molar-refractivity contribution < 1.29 is 14.3 Å². The molecule has 0 saturated carbocycles. The highest BCUT2D eigenvalue weighted by atomic mass is 32.1. The zero-order chi connectivity index (χ0) is 19.5. The Morgan fingerprint density at radius 2 is 2.11 bits per heavy atom. The molecule has 4 rings (SSSR count). The summed E-state index contributed by atoms with van der Waals surface area (Å²) >= 11 is 1.50. The van der Waals surface area contributed by atoms with Gasteiger partial charge in [0.2, 0.25) is 0 Å². The normalized spacial score (nSPS) is 10.9. The standard InChI is InChI=1S/C20H18N4O3S/c1-3-24-18-8-7-14(10-17(18)22-23-24)20(25)27-11-15-12-28-19(21-15)13-5-4-6-16(9-13)26-2/h4-10,12H,3,11H2,1-2H3. The Bertz CT molecular complexity index is 1140. The fraction of sp³-hybridized carbons (Fsp3) is 0.200. The fourth-order valence-corrected chi connectivity index (χ4v) is 3.62. The Morgan fingerprint density at radius 3 is 2.93 bits per heavy atom. The molecule has 0 aliphatic rings. The molecule has 142 valence electrons. The topological polar surface area (TPSA) is 79.1 Å². The SMILES string of the molecule is CCn1nnc2cc(C(=O)OCc3csc(-c4cccc(OC)c4)n3)ccc21. The van der Waals surface area contributed by atoms with Crippen LogP contribution in [0.5, 0.6) is 5.75 Å². The van der Waals surface area contributed by atoms with Gasteiger partial charge in [-0.15, -0.1) is 16.4 Å². The monoisotopic (exact) mass is 394 g/mol. The first-order chi connectivity index (χ1) is 13.7. The number of aryl methyl sites for hydroxylation is 1. The molecule has 2 heterocycles. The van der Waals surface area contributed by atoms with E-state index < -0.39 is 5.97 Å². The van der Waals surface area contributed by atoms with Gasteiger partial charge in [0, 0.05) is 17.5 Å². The van der Waals surface area contributed by atoms with Gasteiger partial charge in [0.25, 0.3) is 0 Å². The van der Waals surface area contributed by atoms with Gasteiger partial charge in [0.15, 0.2) is 0 Å². The highest BCUT2D eigenvalue weighted by Gasteiger charge is 2.13. The molecule has 0 bridgehead atoms. The number of carbonyl (C=O) groups is 1. The van der Waals surface area contributed by atoms with Crippen LogP contribution in [0.1, 0.15) is 23.0 Å². The summed E-state index contributed by atoms with van der Waals surface area (Å²) in [6.45, 7) is 2.82. The van der Waals surface area contributed by atoms with Gasteiger partial charge in [0.1, 0.15) is 22.9 Å². The Hall–Kier alpha value is -3.26. The van der Waals surface area contributed by atoms with Crippen molar-refractivity contribution in [1.29, 1.82) is 0 Å². The Balaban J connectivity index is 1.44. The summed E-state index contributed by atoms with van der Waals surface area (Å²) in [5.74, 6) is 0.361. The molecule has 0 fully saturated rings. The van der Waals surface area contributed by atoms with Gasteiger partial charge in [-0.05, 0) is 37.3 Å². The number of benzene rings is 2. The van der Waals surface area contributed by atoms with Crippen molar-refractivity contribution in [1.82, 2.24) is 20.0 Å². The number of carbonyl (C=O) groups excluding carboxylic acids is 1. The molecular weight excluding hydrogens is 376 g/mol. The summed E-state index contributed by atoms with van der Waals surface area (Å²) in [7, 11) is 1.63. The maximum Gasteiger partial charge on any atom is 0.338 e. The van der Waals surface area contributed by atoms with Crippen LogP contribution in [0, 0.1) is 0 Å². The number of hydrogen-bond donors (Lipinski definition) is 0. The van der Waals surface area contributed by atoms with Gasteiger partial charge in [-0.2, -0.15) is 0 Å². The van der Waals surface area contributed by atoms with Crippen LogP contribution in [0.15, 0.2) is 47.8 Å². The average Bonchev–Trinajstić information content (AvgIpc) is 3.38. The quantitative estimate of drug-likeness (QED) is 0.461. The molecule has 0 aliphatic heterocycles. The van der Waals surface area contributed by atoms with Crippen molar-refractivity contribution in [2.45, 2.75) is 20.1 Å². The first-order valence-corrected chi connectivity index (χ1v) is 9.65. The van der Waals surface area contributed by atoms with Crippen LogP contribution < -0.4 is 4.74 Å². The molecule has 28 heavy (non-hydrogen) atoms. The van der Waals surface area contributed by atoms with E-state index in [4.69, 9.17) is 9.47 Å². The van der Waals surface area contributed by atoms with Gasteiger partial charge in [-0.25, -0.2) is 14.5 Å². The number of aromatic nitrogens is 4. The lowest BCUT2D eigenvalue weighted by molar-refractivity contribution is 0.0468. The summed E-state index contributed by atoms with van der Waals surface area (Å²) in [4.78, 5) is 16.9. The van der Waals surface area contributed by atoms with Crippen molar-refractivity contribution >= 4 is 28.3 Å². The summed E-state index contributed by atoms with van der Waals surface area (Å²) in [5, 5.41) is 10.9. The van der Waals surface area contributed by atoms with Gasteiger partial charge in [0.05, 0.1) is 23.9 Å². The predicted octanol–water partition coefficient (Wildman–Crippen LogP) is 3.94. The zero-order valence-corrected chi connectivity index (χ0v) is 16.3. The van der Waals surface area contributed by atoms with Gasteiger partial charge >= 0.3 is 5.97 Å². The number of fused-ring (bicyclic) bond motifs is 1. The minimum absolute atomic E-state index is 0.110. The van der Waals surface area contributed by atoms with E-state index in [1.807, 2.05) is 42.6 Å². The van der Waals surface area contributed by atoms with Crippen molar-refractivity contribution in [2.75, 3.05) is 7.11 Å². The summed E-state index contributed by atoms with van der Waals surface area (Å²) < 4.78 is 12.4. The van der Waals surface area contributed by atoms with E-state index in [0.29, 0.717) is 16.8 Å². The highest BCUT2D eigenvalue weighted by Crippen LogP contribution is 2.27.